The molecule has 0 radical (unpaired) electrons. The molecule has 3 heteroatoms. The van der Waals surface area contributed by atoms with Gasteiger partial charge in [0.1, 0.15) is 5.54 Å². The predicted octanol–water partition coefficient (Wildman–Crippen LogP) is 4.54. The van der Waals surface area contributed by atoms with Gasteiger partial charge in [-0.15, -0.1) is 11.8 Å². The Hall–Kier alpha value is -0.980. The van der Waals surface area contributed by atoms with Gasteiger partial charge in [0.2, 0.25) is 0 Å². The summed E-state index contributed by atoms with van der Waals surface area (Å²) in [4.78, 5) is 1.35. The van der Waals surface area contributed by atoms with Crippen molar-refractivity contribution in [2.75, 3.05) is 12.3 Å². The average Bonchev–Trinajstić information content (AvgIpc) is 2.49. The molecule has 110 valence electrons. The third-order valence-electron chi connectivity index (χ3n) is 3.63. The smallest absolute Gasteiger partial charge is 0.106 e. The molecular weight excluding hydrogens is 264 g/mol. The number of hydrogen-bond acceptors (Lipinski definition) is 3. The lowest BCUT2D eigenvalue weighted by Gasteiger charge is -2.26. The Bertz CT molecular complexity index is 439. The van der Waals surface area contributed by atoms with Crippen LogP contribution in [0.4, 0.5) is 0 Å². The Balaban J connectivity index is 2.42. The molecule has 0 amide bonds. The predicted molar refractivity (Wildman–Crippen MR) is 88.1 cm³/mol. The monoisotopic (exact) mass is 290 g/mol. The van der Waals surface area contributed by atoms with Gasteiger partial charge in [-0.3, -0.25) is 5.32 Å². The molecule has 1 aromatic carbocycles. The number of aryl methyl sites for hydroxylation is 1. The van der Waals surface area contributed by atoms with Gasteiger partial charge in [0.15, 0.2) is 0 Å². The van der Waals surface area contributed by atoms with E-state index in [1.807, 2.05) is 11.8 Å². The van der Waals surface area contributed by atoms with Crippen LogP contribution in [0.15, 0.2) is 29.2 Å². The Kier molecular flexibility index (Phi) is 7.72. The number of rotatable bonds is 9. The largest absolute Gasteiger partial charge is 0.299 e. The SMILES string of the molecule is CCCNC(C#N)(CC)CCCSc1ccccc1C. The molecule has 0 saturated heterocycles. The molecule has 0 spiro atoms. The van der Waals surface area contributed by atoms with Crippen LogP contribution in [0.25, 0.3) is 0 Å². The molecule has 0 aliphatic carbocycles. The lowest BCUT2D eigenvalue weighted by Crippen LogP contribution is -2.43. The topological polar surface area (TPSA) is 35.8 Å². The van der Waals surface area contributed by atoms with Gasteiger partial charge < -0.3 is 0 Å². The van der Waals surface area contributed by atoms with E-state index in [-0.39, 0.29) is 5.54 Å². The second kappa shape index (κ2) is 9.05. The zero-order valence-corrected chi connectivity index (χ0v) is 13.7. The second-order valence-corrected chi connectivity index (χ2v) is 6.33. The third-order valence-corrected chi connectivity index (χ3v) is 4.89. The average molecular weight is 290 g/mol. The van der Waals surface area contributed by atoms with Crippen LogP contribution >= 0.6 is 11.8 Å². The highest BCUT2D eigenvalue weighted by molar-refractivity contribution is 7.99. The van der Waals surface area contributed by atoms with E-state index in [1.54, 1.807) is 0 Å². The fourth-order valence-electron chi connectivity index (χ4n) is 2.20. The summed E-state index contributed by atoms with van der Waals surface area (Å²) in [6.45, 7) is 7.31. The van der Waals surface area contributed by atoms with E-state index in [4.69, 9.17) is 0 Å². The number of hydrogen-bond donors (Lipinski definition) is 1. The second-order valence-electron chi connectivity index (χ2n) is 5.19. The summed E-state index contributed by atoms with van der Waals surface area (Å²) in [5.74, 6) is 1.07. The van der Waals surface area contributed by atoms with Gasteiger partial charge in [0, 0.05) is 4.90 Å². The fourth-order valence-corrected chi connectivity index (χ4v) is 3.18. The van der Waals surface area contributed by atoms with Gasteiger partial charge in [0.25, 0.3) is 0 Å². The van der Waals surface area contributed by atoms with Crippen LogP contribution in [0, 0.1) is 18.3 Å². The Morgan fingerprint density at radius 1 is 1.30 bits per heavy atom. The highest BCUT2D eigenvalue weighted by atomic mass is 32.2. The van der Waals surface area contributed by atoms with Crippen LogP contribution in [-0.4, -0.2) is 17.8 Å². The van der Waals surface area contributed by atoms with Crippen molar-refractivity contribution in [3.8, 4) is 6.07 Å². The Morgan fingerprint density at radius 2 is 2.05 bits per heavy atom. The van der Waals surface area contributed by atoms with E-state index in [1.165, 1.54) is 10.5 Å². The molecule has 0 heterocycles. The van der Waals surface area contributed by atoms with Crippen LogP contribution < -0.4 is 5.32 Å². The maximum atomic E-state index is 9.44. The molecule has 2 nitrogen and oxygen atoms in total. The van der Waals surface area contributed by atoms with Gasteiger partial charge in [-0.05, 0) is 56.5 Å². The molecule has 1 unspecified atom stereocenters. The van der Waals surface area contributed by atoms with Crippen molar-refractivity contribution in [1.29, 1.82) is 5.26 Å². The van der Waals surface area contributed by atoms with Crippen LogP contribution in [0.2, 0.25) is 0 Å². The quantitative estimate of drug-likeness (QED) is 0.536. The first-order valence-corrected chi connectivity index (χ1v) is 8.50. The van der Waals surface area contributed by atoms with Crippen LogP contribution in [0.3, 0.4) is 0 Å². The molecular formula is C17H26N2S. The Labute approximate surface area is 128 Å². The van der Waals surface area contributed by atoms with E-state index in [2.05, 4.69) is 56.4 Å². The van der Waals surface area contributed by atoms with E-state index >= 15 is 0 Å². The molecule has 0 aliphatic rings. The lowest BCUT2D eigenvalue weighted by molar-refractivity contribution is 0.371. The molecule has 0 saturated carbocycles. The molecule has 1 atom stereocenters. The van der Waals surface area contributed by atoms with E-state index in [0.717, 1.165) is 38.0 Å². The van der Waals surface area contributed by atoms with E-state index in [9.17, 15) is 5.26 Å². The van der Waals surface area contributed by atoms with Gasteiger partial charge in [0.05, 0.1) is 6.07 Å². The van der Waals surface area contributed by atoms with Crippen LogP contribution in [0.1, 0.15) is 45.1 Å². The number of benzene rings is 1. The maximum Gasteiger partial charge on any atom is 0.106 e. The minimum Gasteiger partial charge on any atom is -0.299 e. The van der Waals surface area contributed by atoms with E-state index < -0.39 is 0 Å². The summed E-state index contributed by atoms with van der Waals surface area (Å²) in [5.41, 5.74) is 1.01. The molecule has 0 fully saturated rings. The highest BCUT2D eigenvalue weighted by Gasteiger charge is 2.26. The molecule has 0 aliphatic heterocycles. The van der Waals surface area contributed by atoms with Gasteiger partial charge >= 0.3 is 0 Å². The molecule has 1 N–H and O–H groups in total. The van der Waals surface area contributed by atoms with Gasteiger partial charge in [-0.25, -0.2) is 0 Å². The summed E-state index contributed by atoms with van der Waals surface area (Å²) < 4.78 is 0. The third kappa shape index (κ3) is 5.19. The number of nitrogens with one attached hydrogen (secondary N) is 1. The van der Waals surface area contributed by atoms with Crippen molar-refractivity contribution < 1.29 is 0 Å². The summed E-state index contributed by atoms with van der Waals surface area (Å²) in [7, 11) is 0. The van der Waals surface area contributed by atoms with Crippen molar-refractivity contribution in [3.05, 3.63) is 29.8 Å². The molecule has 1 rings (SSSR count). The molecule has 1 aromatic rings. The highest BCUT2D eigenvalue weighted by Crippen LogP contribution is 2.25. The van der Waals surface area contributed by atoms with Crippen molar-refractivity contribution in [3.63, 3.8) is 0 Å². The maximum absolute atomic E-state index is 9.44. The van der Waals surface area contributed by atoms with Crippen molar-refractivity contribution >= 4 is 11.8 Å². The zero-order valence-electron chi connectivity index (χ0n) is 12.9. The standard InChI is InChI=1S/C17H26N2S/c1-4-12-19-17(5-2,14-18)11-8-13-20-16-10-7-6-9-15(16)3/h6-7,9-10,19H,4-5,8,11-13H2,1-3H3. The van der Waals surface area contributed by atoms with Crippen molar-refractivity contribution in [2.45, 2.75) is 56.9 Å². The zero-order chi connectivity index (χ0) is 14.8. The summed E-state index contributed by atoms with van der Waals surface area (Å²) in [5, 5.41) is 12.9. The van der Waals surface area contributed by atoms with Crippen molar-refractivity contribution in [1.82, 2.24) is 5.32 Å². The number of nitriles is 1. The molecule has 0 aromatic heterocycles. The van der Waals surface area contributed by atoms with Gasteiger partial charge in [-0.1, -0.05) is 32.0 Å². The van der Waals surface area contributed by atoms with Gasteiger partial charge in [-0.2, -0.15) is 5.26 Å². The lowest BCUT2D eigenvalue weighted by atomic mass is 9.92. The molecule has 0 bridgehead atoms. The fraction of sp³-hybridized carbons (Fsp3) is 0.588. The van der Waals surface area contributed by atoms with E-state index in [0.29, 0.717) is 0 Å². The van der Waals surface area contributed by atoms with Crippen molar-refractivity contribution in [2.24, 2.45) is 0 Å². The van der Waals surface area contributed by atoms with Crippen LogP contribution in [-0.2, 0) is 0 Å². The summed E-state index contributed by atoms with van der Waals surface area (Å²) in [6, 6.07) is 11.0. The number of nitrogens with zero attached hydrogens (tertiary/aromatic N) is 1. The van der Waals surface area contributed by atoms with Crippen LogP contribution in [0.5, 0.6) is 0 Å². The first-order chi connectivity index (χ1) is 9.67. The number of thioether (sulfide) groups is 1. The minimum atomic E-state index is -0.331. The summed E-state index contributed by atoms with van der Waals surface area (Å²) >= 11 is 1.90. The Morgan fingerprint density at radius 3 is 2.65 bits per heavy atom. The first-order valence-electron chi connectivity index (χ1n) is 7.52. The minimum absolute atomic E-state index is 0.331. The first kappa shape index (κ1) is 17.1. The summed E-state index contributed by atoms with van der Waals surface area (Å²) in [6.07, 6.45) is 3.94. The molecule has 20 heavy (non-hydrogen) atoms. The normalized spacial score (nSPS) is 13.7.